The van der Waals surface area contributed by atoms with Crippen LogP contribution in [-0.4, -0.2) is 32.5 Å². The van der Waals surface area contributed by atoms with E-state index in [0.29, 0.717) is 6.61 Å². The van der Waals surface area contributed by atoms with Crippen LogP contribution >= 0.6 is 11.3 Å². The smallest absolute Gasteiger partial charge is 0.0784 e. The first-order valence-electron chi connectivity index (χ1n) is 5.60. The quantitative estimate of drug-likeness (QED) is 0.760. The molecule has 1 rings (SSSR count). The van der Waals surface area contributed by atoms with E-state index in [9.17, 15) is 0 Å². The van der Waals surface area contributed by atoms with Gasteiger partial charge in [0, 0.05) is 25.1 Å². The highest BCUT2D eigenvalue weighted by molar-refractivity contribution is 7.09. The molecule has 0 bridgehead atoms. The van der Waals surface area contributed by atoms with Crippen LogP contribution in [0.1, 0.15) is 18.7 Å². The molecule has 1 aromatic rings. The summed E-state index contributed by atoms with van der Waals surface area (Å²) in [6.45, 7) is 6.54. The summed E-state index contributed by atoms with van der Waals surface area (Å²) in [5.74, 6) is 0. The van der Waals surface area contributed by atoms with Gasteiger partial charge in [-0.1, -0.05) is 6.07 Å². The van der Waals surface area contributed by atoms with Crippen LogP contribution < -0.4 is 5.32 Å². The number of nitrogens with one attached hydrogen (secondary N) is 1. The predicted octanol–water partition coefficient (Wildman–Crippen LogP) is 2.28. The second kappa shape index (κ2) is 7.79. The maximum absolute atomic E-state index is 5.73. The van der Waals surface area contributed by atoms with E-state index >= 15 is 0 Å². The standard InChI is InChI=1S/C12H21NO2S/c1-10(15-11(2)9-14-3)7-13-8-12-5-4-6-16-12/h4-6,10-11,13H,7-9H2,1-3H3. The lowest BCUT2D eigenvalue weighted by Gasteiger charge is -2.18. The number of hydrogen-bond acceptors (Lipinski definition) is 4. The molecule has 0 fully saturated rings. The molecule has 0 radical (unpaired) electrons. The van der Waals surface area contributed by atoms with Gasteiger partial charge in [-0.25, -0.2) is 0 Å². The Morgan fingerprint density at radius 1 is 1.38 bits per heavy atom. The maximum atomic E-state index is 5.73. The van der Waals surface area contributed by atoms with Crippen molar-refractivity contribution in [2.24, 2.45) is 0 Å². The van der Waals surface area contributed by atoms with Crippen molar-refractivity contribution < 1.29 is 9.47 Å². The zero-order chi connectivity index (χ0) is 11.8. The Kier molecular flexibility index (Phi) is 6.64. The fourth-order valence-corrected chi connectivity index (χ4v) is 2.20. The Morgan fingerprint density at radius 2 is 2.19 bits per heavy atom. The molecule has 3 nitrogen and oxygen atoms in total. The molecule has 1 aromatic heterocycles. The van der Waals surface area contributed by atoms with Crippen molar-refractivity contribution in [1.82, 2.24) is 5.32 Å². The van der Waals surface area contributed by atoms with E-state index in [2.05, 4.69) is 29.8 Å². The van der Waals surface area contributed by atoms with Gasteiger partial charge in [0.25, 0.3) is 0 Å². The summed E-state index contributed by atoms with van der Waals surface area (Å²) in [4.78, 5) is 1.36. The molecule has 0 aliphatic rings. The van der Waals surface area contributed by atoms with E-state index in [0.717, 1.165) is 13.1 Å². The molecule has 1 heterocycles. The molecular weight excluding hydrogens is 222 g/mol. The molecule has 0 aliphatic heterocycles. The Morgan fingerprint density at radius 3 is 2.81 bits per heavy atom. The second-order valence-corrected chi connectivity index (χ2v) is 4.96. The molecular formula is C12H21NO2S. The first-order valence-corrected chi connectivity index (χ1v) is 6.48. The Hall–Kier alpha value is -0.420. The van der Waals surface area contributed by atoms with Crippen molar-refractivity contribution in [3.05, 3.63) is 22.4 Å². The third-order valence-electron chi connectivity index (χ3n) is 2.18. The van der Waals surface area contributed by atoms with Gasteiger partial charge in [-0.05, 0) is 25.3 Å². The summed E-state index contributed by atoms with van der Waals surface area (Å²) in [6, 6.07) is 4.21. The molecule has 0 saturated carbocycles. The van der Waals surface area contributed by atoms with E-state index in [1.165, 1.54) is 4.88 Å². The molecule has 0 aliphatic carbocycles. The zero-order valence-electron chi connectivity index (χ0n) is 10.2. The van der Waals surface area contributed by atoms with Crippen LogP contribution in [0.15, 0.2) is 17.5 Å². The van der Waals surface area contributed by atoms with E-state index in [1.807, 2.05) is 6.92 Å². The van der Waals surface area contributed by atoms with Gasteiger partial charge in [0.05, 0.1) is 18.8 Å². The average molecular weight is 243 g/mol. The number of methoxy groups -OCH3 is 1. The Bertz CT molecular complexity index is 264. The number of rotatable bonds is 8. The van der Waals surface area contributed by atoms with Crippen molar-refractivity contribution >= 4 is 11.3 Å². The largest absolute Gasteiger partial charge is 0.382 e. The van der Waals surface area contributed by atoms with E-state index in [4.69, 9.17) is 9.47 Å². The first-order chi connectivity index (χ1) is 7.72. The Balaban J connectivity index is 2.08. The van der Waals surface area contributed by atoms with Gasteiger partial charge < -0.3 is 14.8 Å². The second-order valence-electron chi connectivity index (χ2n) is 3.92. The first kappa shape index (κ1) is 13.6. The van der Waals surface area contributed by atoms with Crippen LogP contribution in [0.5, 0.6) is 0 Å². The number of hydrogen-bond donors (Lipinski definition) is 1. The predicted molar refractivity (Wildman–Crippen MR) is 67.9 cm³/mol. The van der Waals surface area contributed by atoms with Crippen molar-refractivity contribution in [3.63, 3.8) is 0 Å². The lowest BCUT2D eigenvalue weighted by atomic mass is 10.3. The molecule has 2 atom stereocenters. The molecule has 1 N–H and O–H groups in total. The van der Waals surface area contributed by atoms with E-state index in [1.54, 1.807) is 18.4 Å². The maximum Gasteiger partial charge on any atom is 0.0784 e. The SMILES string of the molecule is COCC(C)OC(C)CNCc1cccs1. The van der Waals surface area contributed by atoms with Crippen LogP contribution in [0, 0.1) is 0 Å². The number of thiophene rings is 1. The lowest BCUT2D eigenvalue weighted by molar-refractivity contribution is -0.0300. The topological polar surface area (TPSA) is 30.5 Å². The minimum Gasteiger partial charge on any atom is -0.382 e. The third kappa shape index (κ3) is 5.61. The van der Waals surface area contributed by atoms with Crippen LogP contribution in [0.3, 0.4) is 0 Å². The third-order valence-corrected chi connectivity index (χ3v) is 3.05. The molecule has 16 heavy (non-hydrogen) atoms. The summed E-state index contributed by atoms with van der Waals surface area (Å²) in [7, 11) is 1.69. The highest BCUT2D eigenvalue weighted by Gasteiger charge is 2.07. The highest BCUT2D eigenvalue weighted by atomic mass is 32.1. The highest BCUT2D eigenvalue weighted by Crippen LogP contribution is 2.07. The molecule has 92 valence electrons. The molecule has 0 saturated heterocycles. The van der Waals surface area contributed by atoms with E-state index < -0.39 is 0 Å². The minimum absolute atomic E-state index is 0.156. The lowest BCUT2D eigenvalue weighted by Crippen LogP contribution is -2.30. The van der Waals surface area contributed by atoms with Gasteiger partial charge in [0.15, 0.2) is 0 Å². The zero-order valence-corrected chi connectivity index (χ0v) is 11.0. The summed E-state index contributed by atoms with van der Waals surface area (Å²) >= 11 is 1.77. The molecule has 0 spiro atoms. The summed E-state index contributed by atoms with van der Waals surface area (Å²) in [6.07, 6.45) is 0.369. The summed E-state index contributed by atoms with van der Waals surface area (Å²) < 4.78 is 10.8. The van der Waals surface area contributed by atoms with Gasteiger partial charge in [-0.3, -0.25) is 0 Å². The van der Waals surface area contributed by atoms with Crippen LogP contribution in [0.2, 0.25) is 0 Å². The van der Waals surface area contributed by atoms with Gasteiger partial charge in [-0.2, -0.15) is 0 Å². The summed E-state index contributed by atoms with van der Waals surface area (Å²) in [5, 5.41) is 5.47. The fourth-order valence-electron chi connectivity index (χ4n) is 1.53. The van der Waals surface area contributed by atoms with Crippen molar-refractivity contribution in [2.75, 3.05) is 20.3 Å². The molecule has 2 unspecified atom stereocenters. The van der Waals surface area contributed by atoms with Crippen LogP contribution in [0.25, 0.3) is 0 Å². The average Bonchev–Trinajstić information content (AvgIpc) is 2.70. The normalized spacial score (nSPS) is 14.9. The summed E-state index contributed by atoms with van der Waals surface area (Å²) in [5.41, 5.74) is 0. The molecule has 0 amide bonds. The minimum atomic E-state index is 0.156. The molecule has 0 aromatic carbocycles. The number of ether oxygens (including phenoxy) is 2. The van der Waals surface area contributed by atoms with Crippen molar-refractivity contribution in [3.8, 4) is 0 Å². The van der Waals surface area contributed by atoms with Gasteiger partial charge in [0.1, 0.15) is 0 Å². The van der Waals surface area contributed by atoms with Crippen molar-refractivity contribution in [2.45, 2.75) is 32.6 Å². The van der Waals surface area contributed by atoms with Crippen molar-refractivity contribution in [1.29, 1.82) is 0 Å². The van der Waals surface area contributed by atoms with E-state index in [-0.39, 0.29) is 12.2 Å². The fraction of sp³-hybridized carbons (Fsp3) is 0.667. The van der Waals surface area contributed by atoms with Gasteiger partial charge in [0.2, 0.25) is 0 Å². The van der Waals surface area contributed by atoms with Crippen LogP contribution in [0.4, 0.5) is 0 Å². The van der Waals surface area contributed by atoms with Gasteiger partial charge >= 0.3 is 0 Å². The van der Waals surface area contributed by atoms with Crippen LogP contribution in [-0.2, 0) is 16.0 Å². The monoisotopic (exact) mass is 243 g/mol. The van der Waals surface area contributed by atoms with Gasteiger partial charge in [-0.15, -0.1) is 11.3 Å². The molecule has 4 heteroatoms. The Labute approximate surface area is 102 Å².